The number of hydrogen-bond acceptors (Lipinski definition) is 3. The molecule has 0 saturated carbocycles. The fraction of sp³-hybridized carbons (Fsp3) is 0.235. The Hall–Kier alpha value is -2.00. The van der Waals surface area contributed by atoms with Crippen LogP contribution < -0.4 is 4.74 Å². The van der Waals surface area contributed by atoms with Gasteiger partial charge in [-0.15, -0.1) is 0 Å². The minimum absolute atomic E-state index is 0.311. The van der Waals surface area contributed by atoms with Crippen LogP contribution in [0.5, 0.6) is 5.75 Å². The van der Waals surface area contributed by atoms with Crippen LogP contribution in [0.15, 0.2) is 48.5 Å². The monoisotopic (exact) mass is 304 g/mol. The second-order valence-electron chi connectivity index (χ2n) is 4.57. The number of ether oxygens (including phenoxy) is 2. The van der Waals surface area contributed by atoms with Crippen LogP contribution in [0.2, 0.25) is 5.02 Å². The van der Waals surface area contributed by atoms with E-state index < -0.39 is 12.1 Å². The first-order chi connectivity index (χ1) is 10.1. The van der Waals surface area contributed by atoms with E-state index in [0.29, 0.717) is 17.4 Å². The average Bonchev–Trinajstić information content (AvgIpc) is 2.47. The largest absolute Gasteiger partial charge is 0.474 e. The Balaban J connectivity index is 2.30. The number of carbonyl (C=O) groups excluding carboxylic acids is 1. The van der Waals surface area contributed by atoms with Gasteiger partial charge in [-0.25, -0.2) is 4.79 Å². The van der Waals surface area contributed by atoms with Crippen LogP contribution in [0.25, 0.3) is 0 Å². The summed E-state index contributed by atoms with van der Waals surface area (Å²) in [6.45, 7) is 3.97. The summed E-state index contributed by atoms with van der Waals surface area (Å²) < 4.78 is 11.0. The minimum atomic E-state index is -0.786. The lowest BCUT2D eigenvalue weighted by molar-refractivity contribution is -0.151. The molecule has 0 aliphatic carbocycles. The Morgan fingerprint density at radius 1 is 1.19 bits per heavy atom. The predicted molar refractivity (Wildman–Crippen MR) is 82.6 cm³/mol. The Kier molecular flexibility index (Phi) is 5.23. The number of aryl methyl sites for hydroxylation is 1. The molecule has 0 aliphatic heterocycles. The van der Waals surface area contributed by atoms with Crippen LogP contribution >= 0.6 is 11.6 Å². The van der Waals surface area contributed by atoms with E-state index in [-0.39, 0.29) is 0 Å². The van der Waals surface area contributed by atoms with Gasteiger partial charge in [0.2, 0.25) is 6.10 Å². The Morgan fingerprint density at radius 2 is 1.90 bits per heavy atom. The number of carbonyl (C=O) groups is 1. The molecule has 0 heterocycles. The number of halogens is 1. The van der Waals surface area contributed by atoms with Crippen molar-refractivity contribution in [2.75, 3.05) is 6.61 Å². The van der Waals surface area contributed by atoms with Crippen molar-refractivity contribution in [1.29, 1.82) is 0 Å². The number of rotatable bonds is 5. The minimum Gasteiger partial charge on any atom is -0.474 e. The van der Waals surface area contributed by atoms with Crippen molar-refractivity contribution in [3.8, 4) is 5.75 Å². The quantitative estimate of drug-likeness (QED) is 0.771. The van der Waals surface area contributed by atoms with Gasteiger partial charge in [0.1, 0.15) is 5.75 Å². The van der Waals surface area contributed by atoms with Crippen molar-refractivity contribution in [2.45, 2.75) is 20.0 Å². The van der Waals surface area contributed by atoms with E-state index in [2.05, 4.69) is 0 Å². The summed E-state index contributed by atoms with van der Waals surface area (Å²) >= 11 is 5.94. The topological polar surface area (TPSA) is 35.5 Å². The lowest BCUT2D eigenvalue weighted by Crippen LogP contribution is -2.21. The zero-order valence-corrected chi connectivity index (χ0v) is 12.8. The summed E-state index contributed by atoms with van der Waals surface area (Å²) in [4.78, 5) is 12.2. The van der Waals surface area contributed by atoms with Crippen molar-refractivity contribution < 1.29 is 14.3 Å². The molecule has 1 atom stereocenters. The van der Waals surface area contributed by atoms with Crippen molar-refractivity contribution >= 4 is 17.6 Å². The van der Waals surface area contributed by atoms with Crippen molar-refractivity contribution in [2.24, 2.45) is 0 Å². The van der Waals surface area contributed by atoms with E-state index in [1.54, 1.807) is 25.1 Å². The van der Waals surface area contributed by atoms with E-state index in [0.717, 1.165) is 11.1 Å². The molecule has 0 fully saturated rings. The number of benzene rings is 2. The summed E-state index contributed by atoms with van der Waals surface area (Å²) in [6.07, 6.45) is -0.786. The zero-order valence-electron chi connectivity index (χ0n) is 12.0. The molecule has 21 heavy (non-hydrogen) atoms. The third kappa shape index (κ3) is 3.99. The van der Waals surface area contributed by atoms with Gasteiger partial charge < -0.3 is 9.47 Å². The van der Waals surface area contributed by atoms with Gasteiger partial charge in [0.15, 0.2) is 0 Å². The van der Waals surface area contributed by atoms with Crippen molar-refractivity contribution in [1.82, 2.24) is 0 Å². The molecular weight excluding hydrogens is 288 g/mol. The molecule has 0 amide bonds. The summed E-state index contributed by atoms with van der Waals surface area (Å²) in [6, 6.07) is 14.6. The van der Waals surface area contributed by atoms with E-state index in [1.165, 1.54) is 0 Å². The molecule has 0 radical (unpaired) electrons. The van der Waals surface area contributed by atoms with Crippen LogP contribution in [0.3, 0.4) is 0 Å². The molecule has 3 nitrogen and oxygen atoms in total. The molecule has 2 aromatic rings. The van der Waals surface area contributed by atoms with Crippen LogP contribution in [0.4, 0.5) is 0 Å². The molecule has 4 heteroatoms. The molecule has 0 saturated heterocycles. The van der Waals surface area contributed by atoms with Crippen LogP contribution in [-0.2, 0) is 9.53 Å². The van der Waals surface area contributed by atoms with Gasteiger partial charge in [0.05, 0.1) is 6.61 Å². The maximum absolute atomic E-state index is 12.2. The summed E-state index contributed by atoms with van der Waals surface area (Å²) in [5.41, 5.74) is 1.62. The van der Waals surface area contributed by atoms with Crippen LogP contribution in [-0.4, -0.2) is 12.6 Å². The maximum Gasteiger partial charge on any atom is 0.352 e. The molecule has 110 valence electrons. The highest BCUT2D eigenvalue weighted by Gasteiger charge is 2.24. The van der Waals surface area contributed by atoms with Crippen molar-refractivity contribution in [3.63, 3.8) is 0 Å². The molecule has 0 aliphatic rings. The standard InChI is InChI=1S/C17H17ClO3/c1-3-20-17(19)16(13-7-5-4-6-8-13)21-15-10-9-14(18)11-12(15)2/h4-11,16H,3H2,1-2H3. The lowest BCUT2D eigenvalue weighted by Gasteiger charge is -2.19. The van der Waals surface area contributed by atoms with Gasteiger partial charge in [0, 0.05) is 10.6 Å². The molecule has 0 aromatic heterocycles. The maximum atomic E-state index is 12.2. The molecule has 0 bridgehead atoms. The zero-order chi connectivity index (χ0) is 15.2. The summed E-state index contributed by atoms with van der Waals surface area (Å²) in [7, 11) is 0. The highest BCUT2D eigenvalue weighted by molar-refractivity contribution is 6.30. The first kappa shape index (κ1) is 15.4. The first-order valence-electron chi connectivity index (χ1n) is 6.76. The summed E-state index contributed by atoms with van der Waals surface area (Å²) in [5, 5.41) is 0.632. The van der Waals surface area contributed by atoms with Gasteiger partial charge in [-0.1, -0.05) is 41.9 Å². The second kappa shape index (κ2) is 7.14. The molecule has 2 aromatic carbocycles. The Labute approximate surface area is 129 Å². The SMILES string of the molecule is CCOC(=O)C(Oc1ccc(Cl)cc1C)c1ccccc1. The third-order valence-electron chi connectivity index (χ3n) is 2.98. The second-order valence-corrected chi connectivity index (χ2v) is 5.01. The molecule has 1 unspecified atom stereocenters. The summed E-state index contributed by atoms with van der Waals surface area (Å²) in [5.74, 6) is 0.208. The van der Waals surface area contributed by atoms with Gasteiger partial charge in [-0.05, 0) is 37.6 Å². The van der Waals surface area contributed by atoms with Crippen molar-refractivity contribution in [3.05, 3.63) is 64.7 Å². The average molecular weight is 305 g/mol. The van der Waals surface area contributed by atoms with Gasteiger partial charge in [-0.3, -0.25) is 0 Å². The predicted octanol–water partition coefficient (Wildman–Crippen LogP) is 4.33. The van der Waals surface area contributed by atoms with Gasteiger partial charge in [-0.2, -0.15) is 0 Å². The van der Waals surface area contributed by atoms with E-state index >= 15 is 0 Å². The third-order valence-corrected chi connectivity index (χ3v) is 3.22. The van der Waals surface area contributed by atoms with E-state index in [9.17, 15) is 4.79 Å². The fourth-order valence-electron chi connectivity index (χ4n) is 1.97. The lowest BCUT2D eigenvalue weighted by atomic mass is 10.1. The van der Waals surface area contributed by atoms with Crippen LogP contribution in [0.1, 0.15) is 24.2 Å². The van der Waals surface area contributed by atoms with Gasteiger partial charge >= 0.3 is 5.97 Å². The van der Waals surface area contributed by atoms with E-state index in [1.807, 2.05) is 37.3 Å². The molecule has 0 spiro atoms. The molecule has 0 N–H and O–H groups in total. The molecule has 2 rings (SSSR count). The number of hydrogen-bond donors (Lipinski definition) is 0. The fourth-order valence-corrected chi connectivity index (χ4v) is 2.20. The smallest absolute Gasteiger partial charge is 0.352 e. The highest BCUT2D eigenvalue weighted by atomic mass is 35.5. The van der Waals surface area contributed by atoms with Gasteiger partial charge in [0.25, 0.3) is 0 Å². The van der Waals surface area contributed by atoms with Crippen LogP contribution in [0, 0.1) is 6.92 Å². The highest BCUT2D eigenvalue weighted by Crippen LogP contribution is 2.28. The number of esters is 1. The normalized spacial score (nSPS) is 11.8. The Morgan fingerprint density at radius 3 is 2.52 bits per heavy atom. The Bertz CT molecular complexity index is 611. The van der Waals surface area contributed by atoms with E-state index in [4.69, 9.17) is 21.1 Å². The first-order valence-corrected chi connectivity index (χ1v) is 7.14. The molecular formula is C17H17ClO3.